The first-order chi connectivity index (χ1) is 10.6. The zero-order valence-corrected chi connectivity index (χ0v) is 12.9. The van der Waals surface area contributed by atoms with Gasteiger partial charge in [-0.25, -0.2) is 4.98 Å². The second kappa shape index (κ2) is 8.09. The zero-order chi connectivity index (χ0) is 15.8. The Balaban J connectivity index is 1.83. The average molecular weight is 299 g/mol. The summed E-state index contributed by atoms with van der Waals surface area (Å²) < 4.78 is 0. The Hall–Kier alpha value is -2.47. The van der Waals surface area contributed by atoms with Gasteiger partial charge in [0.2, 0.25) is 0 Å². The van der Waals surface area contributed by atoms with Crippen molar-refractivity contribution in [2.45, 2.75) is 6.54 Å². The van der Waals surface area contributed by atoms with E-state index >= 15 is 0 Å². The van der Waals surface area contributed by atoms with Gasteiger partial charge in [0.05, 0.1) is 17.8 Å². The fraction of sp³-hybridized carbons (Fsp3) is 0.312. The van der Waals surface area contributed by atoms with Crippen molar-refractivity contribution < 1.29 is 4.79 Å². The number of nitrogens with zero attached hydrogens (tertiary/aromatic N) is 3. The number of likely N-dealkylation sites (N-methyl/N-ethyl adjacent to an activating group) is 1. The molecule has 1 amide bonds. The van der Waals surface area contributed by atoms with Crippen molar-refractivity contribution in [3.05, 3.63) is 54.0 Å². The van der Waals surface area contributed by atoms with Crippen molar-refractivity contribution >= 4 is 11.7 Å². The van der Waals surface area contributed by atoms with E-state index in [1.807, 2.05) is 37.2 Å². The molecule has 0 unspecified atom stereocenters. The summed E-state index contributed by atoms with van der Waals surface area (Å²) >= 11 is 0. The zero-order valence-electron chi connectivity index (χ0n) is 12.9. The van der Waals surface area contributed by atoms with E-state index in [-0.39, 0.29) is 5.91 Å². The van der Waals surface area contributed by atoms with Crippen LogP contribution in [-0.4, -0.2) is 48.0 Å². The number of nitrogens with one attached hydrogen (secondary N) is 2. The number of anilines is 1. The molecule has 6 nitrogen and oxygen atoms in total. The Kier molecular flexibility index (Phi) is 5.85. The molecule has 0 aliphatic rings. The van der Waals surface area contributed by atoms with Crippen LogP contribution in [0.5, 0.6) is 0 Å². The maximum Gasteiger partial charge on any atom is 0.252 e. The predicted octanol–water partition coefficient (Wildman–Crippen LogP) is 1.38. The summed E-state index contributed by atoms with van der Waals surface area (Å²) in [4.78, 5) is 22.4. The van der Waals surface area contributed by atoms with Crippen molar-refractivity contribution in [2.24, 2.45) is 0 Å². The normalized spacial score (nSPS) is 10.5. The van der Waals surface area contributed by atoms with Crippen molar-refractivity contribution in [1.82, 2.24) is 20.2 Å². The number of hydrogen-bond donors (Lipinski definition) is 2. The molecular formula is C16H21N5O. The van der Waals surface area contributed by atoms with Gasteiger partial charge in [-0.3, -0.25) is 9.78 Å². The molecule has 116 valence electrons. The van der Waals surface area contributed by atoms with Crippen LogP contribution in [0.25, 0.3) is 0 Å². The Morgan fingerprint density at radius 2 is 2.05 bits per heavy atom. The molecule has 0 fully saturated rings. The topological polar surface area (TPSA) is 70.2 Å². The molecule has 0 atom stereocenters. The first-order valence-corrected chi connectivity index (χ1v) is 7.18. The number of carbonyl (C=O) groups excluding carboxylic acids is 1. The molecule has 2 N–H and O–H groups in total. The van der Waals surface area contributed by atoms with Crippen LogP contribution in [0.1, 0.15) is 16.1 Å². The van der Waals surface area contributed by atoms with Gasteiger partial charge in [0.1, 0.15) is 5.82 Å². The molecule has 2 heterocycles. The highest BCUT2D eigenvalue weighted by Gasteiger charge is 2.05. The lowest BCUT2D eigenvalue weighted by Crippen LogP contribution is -2.31. The first kappa shape index (κ1) is 15.9. The lowest BCUT2D eigenvalue weighted by molar-refractivity contribution is 0.0950. The van der Waals surface area contributed by atoms with Gasteiger partial charge in [-0.05, 0) is 38.4 Å². The van der Waals surface area contributed by atoms with E-state index in [2.05, 4.69) is 20.6 Å². The third-order valence-corrected chi connectivity index (χ3v) is 3.05. The Morgan fingerprint density at radius 1 is 1.18 bits per heavy atom. The molecule has 0 aliphatic heterocycles. The quantitative estimate of drug-likeness (QED) is 0.808. The van der Waals surface area contributed by atoms with Gasteiger partial charge in [0.15, 0.2) is 0 Å². The Morgan fingerprint density at radius 3 is 2.68 bits per heavy atom. The van der Waals surface area contributed by atoms with E-state index in [1.54, 1.807) is 24.5 Å². The number of amides is 1. The molecule has 0 saturated heterocycles. The monoisotopic (exact) mass is 299 g/mol. The molecular weight excluding hydrogens is 278 g/mol. The highest BCUT2D eigenvalue weighted by atomic mass is 16.1. The molecule has 0 saturated carbocycles. The van der Waals surface area contributed by atoms with E-state index < -0.39 is 0 Å². The second-order valence-electron chi connectivity index (χ2n) is 5.17. The van der Waals surface area contributed by atoms with Gasteiger partial charge in [-0.1, -0.05) is 6.07 Å². The van der Waals surface area contributed by atoms with Gasteiger partial charge in [0, 0.05) is 25.5 Å². The highest BCUT2D eigenvalue weighted by molar-refractivity contribution is 5.94. The van der Waals surface area contributed by atoms with Gasteiger partial charge in [0.25, 0.3) is 5.91 Å². The van der Waals surface area contributed by atoms with Crippen molar-refractivity contribution in [2.75, 3.05) is 32.5 Å². The first-order valence-electron chi connectivity index (χ1n) is 7.18. The van der Waals surface area contributed by atoms with Gasteiger partial charge >= 0.3 is 0 Å². The lowest BCUT2D eigenvalue weighted by Gasteiger charge is -2.10. The van der Waals surface area contributed by atoms with Crippen LogP contribution in [-0.2, 0) is 6.54 Å². The van der Waals surface area contributed by atoms with Crippen LogP contribution in [0.4, 0.5) is 5.82 Å². The summed E-state index contributed by atoms with van der Waals surface area (Å²) in [5, 5.41) is 6.03. The summed E-state index contributed by atoms with van der Waals surface area (Å²) in [6.45, 7) is 2.02. The molecule has 0 radical (unpaired) electrons. The van der Waals surface area contributed by atoms with Gasteiger partial charge < -0.3 is 15.5 Å². The minimum absolute atomic E-state index is 0.106. The number of rotatable bonds is 7. The number of carbonyl (C=O) groups is 1. The third-order valence-electron chi connectivity index (χ3n) is 3.05. The minimum Gasteiger partial charge on any atom is -0.364 e. The van der Waals surface area contributed by atoms with Crippen LogP contribution in [0.3, 0.4) is 0 Å². The van der Waals surface area contributed by atoms with Crippen molar-refractivity contribution in [1.29, 1.82) is 0 Å². The standard InChI is InChI=1S/C16H21N5O/c1-21(2)10-9-18-16(22)13-6-7-15(19-11-13)20-12-14-5-3-4-8-17-14/h3-8,11H,9-10,12H2,1-2H3,(H,18,22)(H,19,20). The van der Waals surface area contributed by atoms with Crippen LogP contribution >= 0.6 is 0 Å². The van der Waals surface area contributed by atoms with Crippen LogP contribution in [0.2, 0.25) is 0 Å². The largest absolute Gasteiger partial charge is 0.364 e. The summed E-state index contributed by atoms with van der Waals surface area (Å²) in [5.41, 5.74) is 1.50. The summed E-state index contributed by atoms with van der Waals surface area (Å²) in [5.74, 6) is 0.612. The summed E-state index contributed by atoms with van der Waals surface area (Å²) in [6, 6.07) is 9.33. The smallest absolute Gasteiger partial charge is 0.252 e. The molecule has 2 aromatic heterocycles. The van der Waals surface area contributed by atoms with Crippen LogP contribution in [0, 0.1) is 0 Å². The predicted molar refractivity (Wildman–Crippen MR) is 86.7 cm³/mol. The maximum absolute atomic E-state index is 11.9. The average Bonchev–Trinajstić information content (AvgIpc) is 2.54. The number of aromatic nitrogens is 2. The van der Waals surface area contributed by atoms with Crippen molar-refractivity contribution in [3.8, 4) is 0 Å². The molecule has 0 aromatic carbocycles. The van der Waals surface area contributed by atoms with Crippen molar-refractivity contribution in [3.63, 3.8) is 0 Å². The summed E-state index contributed by atoms with van der Waals surface area (Å²) in [6.07, 6.45) is 3.33. The van der Waals surface area contributed by atoms with E-state index in [9.17, 15) is 4.79 Å². The highest BCUT2D eigenvalue weighted by Crippen LogP contribution is 2.06. The van der Waals surface area contributed by atoms with E-state index in [0.717, 1.165) is 18.1 Å². The van der Waals surface area contributed by atoms with Gasteiger partial charge in [-0.2, -0.15) is 0 Å². The third kappa shape index (κ3) is 5.14. The molecule has 6 heteroatoms. The summed E-state index contributed by atoms with van der Waals surface area (Å²) in [7, 11) is 3.94. The number of hydrogen-bond acceptors (Lipinski definition) is 5. The SMILES string of the molecule is CN(C)CCNC(=O)c1ccc(NCc2ccccn2)nc1. The maximum atomic E-state index is 11.9. The molecule has 22 heavy (non-hydrogen) atoms. The van der Waals surface area contributed by atoms with Crippen LogP contribution < -0.4 is 10.6 Å². The Bertz CT molecular complexity index is 583. The number of pyridine rings is 2. The van der Waals surface area contributed by atoms with Gasteiger partial charge in [-0.15, -0.1) is 0 Å². The molecule has 2 rings (SSSR count). The second-order valence-corrected chi connectivity index (χ2v) is 5.17. The minimum atomic E-state index is -0.106. The fourth-order valence-corrected chi connectivity index (χ4v) is 1.81. The molecule has 0 aliphatic carbocycles. The van der Waals surface area contributed by atoms with E-state index in [4.69, 9.17) is 0 Å². The molecule has 0 spiro atoms. The Labute approximate surface area is 130 Å². The molecule has 2 aromatic rings. The molecule has 0 bridgehead atoms. The van der Waals surface area contributed by atoms with E-state index in [0.29, 0.717) is 18.7 Å². The van der Waals surface area contributed by atoms with Crippen LogP contribution in [0.15, 0.2) is 42.7 Å². The lowest BCUT2D eigenvalue weighted by atomic mass is 10.2. The van der Waals surface area contributed by atoms with E-state index in [1.165, 1.54) is 0 Å². The fourth-order valence-electron chi connectivity index (χ4n) is 1.81.